The van der Waals surface area contributed by atoms with Gasteiger partial charge in [0.25, 0.3) is 0 Å². The molecular weight excluding hydrogens is 196 g/mol. The molecule has 0 bridgehead atoms. The number of hydrogen-bond donors (Lipinski definition) is 1. The van der Waals surface area contributed by atoms with Crippen LogP contribution in [0.2, 0.25) is 0 Å². The summed E-state index contributed by atoms with van der Waals surface area (Å²) in [5, 5.41) is 10.1. The Labute approximate surface area is 88.9 Å². The number of ether oxygens (including phenoxy) is 1. The van der Waals surface area contributed by atoms with Crippen molar-refractivity contribution in [3.8, 4) is 0 Å². The van der Waals surface area contributed by atoms with E-state index >= 15 is 0 Å². The molecule has 1 aliphatic carbocycles. The fraction of sp³-hybridized carbons (Fsp3) is 0.636. The largest absolute Gasteiger partial charge is 0.468 e. The molecule has 15 heavy (non-hydrogen) atoms. The van der Waals surface area contributed by atoms with E-state index in [0.29, 0.717) is 6.42 Å². The van der Waals surface area contributed by atoms with Crippen LogP contribution >= 0.6 is 0 Å². The normalized spacial score (nSPS) is 29.5. The first-order valence-electron chi connectivity index (χ1n) is 5.08. The summed E-state index contributed by atoms with van der Waals surface area (Å²) < 4.78 is 4.52. The summed E-state index contributed by atoms with van der Waals surface area (Å²) in [5.74, 6) is -2.11. The summed E-state index contributed by atoms with van der Waals surface area (Å²) in [6, 6.07) is 0. The minimum atomic E-state index is -1.35. The van der Waals surface area contributed by atoms with Gasteiger partial charge in [-0.3, -0.25) is 9.59 Å². The molecule has 4 nitrogen and oxygen atoms in total. The summed E-state index contributed by atoms with van der Waals surface area (Å²) in [7, 11) is 1.22. The van der Waals surface area contributed by atoms with Gasteiger partial charge in [0.1, 0.15) is 5.60 Å². The van der Waals surface area contributed by atoms with Crippen molar-refractivity contribution in [1.29, 1.82) is 0 Å². The van der Waals surface area contributed by atoms with Gasteiger partial charge in [0.05, 0.1) is 7.11 Å². The Morgan fingerprint density at radius 2 is 2.33 bits per heavy atom. The van der Waals surface area contributed by atoms with Crippen molar-refractivity contribution < 1.29 is 19.4 Å². The van der Waals surface area contributed by atoms with Gasteiger partial charge in [0.15, 0.2) is 11.7 Å². The lowest BCUT2D eigenvalue weighted by atomic mass is 9.85. The third-order valence-corrected chi connectivity index (χ3v) is 2.69. The molecule has 0 unspecified atom stereocenters. The van der Waals surface area contributed by atoms with Crippen LogP contribution in [-0.4, -0.2) is 29.6 Å². The molecule has 1 aliphatic rings. The molecule has 0 aliphatic heterocycles. The molecule has 2 atom stereocenters. The van der Waals surface area contributed by atoms with Gasteiger partial charge in [-0.05, 0) is 18.6 Å². The van der Waals surface area contributed by atoms with Crippen LogP contribution in [-0.2, 0) is 14.3 Å². The Bertz CT molecular complexity index is 295. The van der Waals surface area contributed by atoms with Gasteiger partial charge in [-0.25, -0.2) is 0 Å². The van der Waals surface area contributed by atoms with Crippen LogP contribution in [0.3, 0.4) is 0 Å². The second kappa shape index (κ2) is 4.57. The summed E-state index contributed by atoms with van der Waals surface area (Å²) in [6.07, 6.45) is 4.75. The lowest BCUT2D eigenvalue weighted by Crippen LogP contribution is -2.41. The van der Waals surface area contributed by atoms with E-state index in [1.807, 2.05) is 6.92 Å². The molecule has 0 fully saturated rings. The fourth-order valence-electron chi connectivity index (χ4n) is 1.79. The number of ketones is 1. The first-order valence-corrected chi connectivity index (χ1v) is 5.08. The highest BCUT2D eigenvalue weighted by atomic mass is 16.5. The molecule has 84 valence electrons. The van der Waals surface area contributed by atoms with Gasteiger partial charge in [-0.2, -0.15) is 0 Å². The first kappa shape index (κ1) is 11.9. The number of carbonyl (C=O) groups is 2. The maximum atomic E-state index is 11.4. The van der Waals surface area contributed by atoms with Crippen molar-refractivity contribution in [3.05, 3.63) is 12.2 Å². The van der Waals surface area contributed by atoms with Gasteiger partial charge in [-0.1, -0.05) is 19.8 Å². The Morgan fingerprint density at radius 1 is 1.67 bits per heavy atom. The lowest BCUT2D eigenvalue weighted by molar-refractivity contribution is -0.155. The third kappa shape index (κ3) is 2.26. The van der Waals surface area contributed by atoms with Crippen LogP contribution < -0.4 is 0 Å². The number of aliphatic hydroxyl groups is 1. The molecular formula is C11H16O4. The van der Waals surface area contributed by atoms with Crippen LogP contribution in [0.5, 0.6) is 0 Å². The van der Waals surface area contributed by atoms with Gasteiger partial charge in [0.2, 0.25) is 0 Å². The topological polar surface area (TPSA) is 63.6 Å². The molecule has 1 rings (SSSR count). The number of unbranched alkanes of at least 4 members (excludes halogenated alkanes) is 1. The molecule has 0 saturated heterocycles. The molecule has 0 aromatic heterocycles. The average Bonchev–Trinajstić information content (AvgIpc) is 2.52. The number of rotatable bonds is 4. The molecule has 0 aromatic rings. The van der Waals surface area contributed by atoms with E-state index in [4.69, 9.17) is 0 Å². The van der Waals surface area contributed by atoms with Crippen molar-refractivity contribution in [2.24, 2.45) is 5.92 Å². The predicted octanol–water partition coefficient (Wildman–Crippen LogP) is 0.836. The lowest BCUT2D eigenvalue weighted by Gasteiger charge is -2.26. The van der Waals surface area contributed by atoms with Crippen LogP contribution in [0.15, 0.2) is 12.2 Å². The van der Waals surface area contributed by atoms with E-state index in [-0.39, 0.29) is 5.78 Å². The smallest absolute Gasteiger partial charge is 0.319 e. The molecule has 0 aromatic carbocycles. The monoisotopic (exact) mass is 212 g/mol. The maximum absolute atomic E-state index is 11.4. The number of esters is 1. The van der Waals surface area contributed by atoms with Crippen molar-refractivity contribution in [2.45, 2.75) is 31.8 Å². The maximum Gasteiger partial charge on any atom is 0.319 e. The molecule has 0 saturated carbocycles. The number of allylic oxidation sites excluding steroid dienone is 1. The van der Waals surface area contributed by atoms with Gasteiger partial charge >= 0.3 is 5.97 Å². The third-order valence-electron chi connectivity index (χ3n) is 2.69. The molecule has 0 heterocycles. The second-order valence-corrected chi connectivity index (χ2v) is 3.79. The highest BCUT2D eigenvalue weighted by Crippen LogP contribution is 2.32. The van der Waals surface area contributed by atoms with E-state index in [9.17, 15) is 14.7 Å². The van der Waals surface area contributed by atoms with E-state index in [0.717, 1.165) is 12.8 Å². The zero-order chi connectivity index (χ0) is 11.5. The Balaban J connectivity index is 2.82. The summed E-state index contributed by atoms with van der Waals surface area (Å²) in [4.78, 5) is 22.8. The van der Waals surface area contributed by atoms with E-state index < -0.39 is 17.5 Å². The minimum Gasteiger partial charge on any atom is -0.468 e. The zero-order valence-electron chi connectivity index (χ0n) is 9.03. The zero-order valence-corrected chi connectivity index (χ0v) is 9.03. The first-order chi connectivity index (χ1) is 7.05. The van der Waals surface area contributed by atoms with E-state index in [2.05, 4.69) is 4.74 Å². The average molecular weight is 212 g/mol. The Morgan fingerprint density at radius 3 is 2.87 bits per heavy atom. The molecule has 1 N–H and O–H groups in total. The summed E-state index contributed by atoms with van der Waals surface area (Å²) in [6.45, 7) is 1.98. The van der Waals surface area contributed by atoms with Crippen LogP contribution in [0, 0.1) is 5.92 Å². The Kier molecular flexibility index (Phi) is 3.63. The SMILES string of the molecule is CCCC[C@@]1(O)C=CC(=O)[C@@H]1C(=O)OC. The van der Waals surface area contributed by atoms with Gasteiger partial charge < -0.3 is 9.84 Å². The van der Waals surface area contributed by atoms with Crippen LogP contribution in [0.1, 0.15) is 26.2 Å². The van der Waals surface area contributed by atoms with Crippen molar-refractivity contribution in [2.75, 3.05) is 7.11 Å². The highest BCUT2D eigenvalue weighted by molar-refractivity contribution is 6.08. The standard InChI is InChI=1S/C11H16O4/c1-3-4-6-11(14)7-5-8(12)9(11)10(13)15-2/h5,7,9,14H,3-4,6H2,1-2H3/t9-,11-/m1/s1. The number of hydrogen-bond acceptors (Lipinski definition) is 4. The molecule has 0 radical (unpaired) electrons. The molecule has 0 amide bonds. The predicted molar refractivity (Wildman–Crippen MR) is 54.1 cm³/mol. The highest BCUT2D eigenvalue weighted by Gasteiger charge is 2.47. The summed E-state index contributed by atoms with van der Waals surface area (Å²) in [5.41, 5.74) is -1.35. The molecule has 0 spiro atoms. The van der Waals surface area contributed by atoms with Crippen molar-refractivity contribution in [3.63, 3.8) is 0 Å². The molecule has 4 heteroatoms. The van der Waals surface area contributed by atoms with Crippen LogP contribution in [0.25, 0.3) is 0 Å². The number of methoxy groups -OCH3 is 1. The quantitative estimate of drug-likeness (QED) is 0.554. The van der Waals surface area contributed by atoms with Crippen molar-refractivity contribution >= 4 is 11.8 Å². The fourth-order valence-corrected chi connectivity index (χ4v) is 1.79. The van der Waals surface area contributed by atoms with Gasteiger partial charge in [0, 0.05) is 0 Å². The summed E-state index contributed by atoms with van der Waals surface area (Å²) >= 11 is 0. The Hall–Kier alpha value is -1.16. The van der Waals surface area contributed by atoms with Gasteiger partial charge in [-0.15, -0.1) is 0 Å². The minimum absolute atomic E-state index is 0.375. The van der Waals surface area contributed by atoms with E-state index in [1.165, 1.54) is 19.3 Å². The van der Waals surface area contributed by atoms with E-state index in [1.54, 1.807) is 0 Å². The van der Waals surface area contributed by atoms with Crippen molar-refractivity contribution in [1.82, 2.24) is 0 Å². The second-order valence-electron chi connectivity index (χ2n) is 3.79. The number of carbonyl (C=O) groups excluding carboxylic acids is 2. The van der Waals surface area contributed by atoms with Crippen LogP contribution in [0.4, 0.5) is 0 Å².